The lowest BCUT2D eigenvalue weighted by Gasteiger charge is -2.15. The summed E-state index contributed by atoms with van der Waals surface area (Å²) >= 11 is 0. The van der Waals surface area contributed by atoms with Gasteiger partial charge in [0, 0.05) is 12.0 Å². The zero-order valence-corrected chi connectivity index (χ0v) is 13.2. The van der Waals surface area contributed by atoms with Crippen LogP contribution in [0.4, 0.5) is 4.39 Å². The van der Waals surface area contributed by atoms with E-state index < -0.39 is 23.8 Å². The van der Waals surface area contributed by atoms with Crippen LogP contribution < -0.4 is 15.2 Å². The van der Waals surface area contributed by atoms with Gasteiger partial charge in [0.25, 0.3) is 5.91 Å². The van der Waals surface area contributed by atoms with Crippen LogP contribution in [0, 0.1) is 5.82 Å². The van der Waals surface area contributed by atoms with Crippen LogP contribution in [0.1, 0.15) is 23.7 Å². The maximum atomic E-state index is 13.0. The first-order valence-corrected chi connectivity index (χ1v) is 7.66. The molecular formula is C18H16FNO5. The zero-order valence-electron chi connectivity index (χ0n) is 13.2. The molecule has 0 radical (unpaired) electrons. The number of rotatable bonds is 6. The third-order valence-corrected chi connectivity index (χ3v) is 3.74. The number of carbonyl (C=O) groups excluding carboxylic acids is 2. The maximum Gasteiger partial charge on any atom is 0.307 e. The lowest BCUT2D eigenvalue weighted by molar-refractivity contribution is -0.155. The molecule has 25 heavy (non-hydrogen) atoms. The van der Waals surface area contributed by atoms with Crippen LogP contribution >= 0.6 is 0 Å². The molecule has 0 fully saturated rings. The number of hydrogen-bond donors (Lipinski definition) is 1. The minimum Gasteiger partial charge on any atom is -0.454 e. The van der Waals surface area contributed by atoms with Crippen LogP contribution in [0.15, 0.2) is 42.5 Å². The van der Waals surface area contributed by atoms with Crippen molar-refractivity contribution in [1.29, 1.82) is 0 Å². The Morgan fingerprint density at radius 1 is 1.12 bits per heavy atom. The second kappa shape index (κ2) is 7.21. The number of amides is 1. The SMILES string of the molecule is NC(=O)[C@H](OC(=O)CCc1ccc2c(c1)OCO2)c1ccc(F)cc1. The van der Waals surface area contributed by atoms with E-state index in [0.717, 1.165) is 5.56 Å². The molecule has 0 saturated carbocycles. The van der Waals surface area contributed by atoms with Gasteiger partial charge >= 0.3 is 5.97 Å². The normalized spacial score (nSPS) is 13.3. The molecule has 0 spiro atoms. The first-order valence-electron chi connectivity index (χ1n) is 7.66. The van der Waals surface area contributed by atoms with E-state index in [1.165, 1.54) is 24.3 Å². The predicted octanol–water partition coefficient (Wildman–Crippen LogP) is 2.26. The van der Waals surface area contributed by atoms with Gasteiger partial charge in [0.1, 0.15) is 5.82 Å². The smallest absolute Gasteiger partial charge is 0.307 e. The Kier molecular flexibility index (Phi) is 4.83. The predicted molar refractivity (Wildman–Crippen MR) is 85.3 cm³/mol. The Hall–Kier alpha value is -3.09. The molecule has 1 heterocycles. The Morgan fingerprint density at radius 3 is 2.56 bits per heavy atom. The van der Waals surface area contributed by atoms with Crippen molar-refractivity contribution in [2.75, 3.05) is 6.79 Å². The van der Waals surface area contributed by atoms with Gasteiger partial charge in [-0.3, -0.25) is 9.59 Å². The van der Waals surface area contributed by atoms with Gasteiger partial charge in [-0.1, -0.05) is 18.2 Å². The quantitative estimate of drug-likeness (QED) is 0.812. The average Bonchev–Trinajstić information content (AvgIpc) is 3.06. The van der Waals surface area contributed by atoms with Crippen LogP contribution in [0.25, 0.3) is 0 Å². The molecule has 6 nitrogen and oxygen atoms in total. The fourth-order valence-corrected chi connectivity index (χ4v) is 2.46. The number of aryl methyl sites for hydroxylation is 1. The summed E-state index contributed by atoms with van der Waals surface area (Å²) in [5.41, 5.74) is 6.48. The van der Waals surface area contributed by atoms with Gasteiger partial charge in [-0.2, -0.15) is 0 Å². The number of esters is 1. The summed E-state index contributed by atoms with van der Waals surface area (Å²) in [6.07, 6.45) is -0.778. The molecule has 0 unspecified atom stereocenters. The highest BCUT2D eigenvalue weighted by atomic mass is 19.1. The van der Waals surface area contributed by atoms with Crippen molar-refractivity contribution in [2.45, 2.75) is 18.9 Å². The molecule has 1 aliphatic heterocycles. The first kappa shape index (κ1) is 16.8. The molecule has 130 valence electrons. The summed E-state index contributed by atoms with van der Waals surface area (Å²) in [4.78, 5) is 23.6. The van der Waals surface area contributed by atoms with E-state index in [1.54, 1.807) is 12.1 Å². The van der Waals surface area contributed by atoms with Crippen molar-refractivity contribution in [3.8, 4) is 11.5 Å². The Bertz CT molecular complexity index is 791. The van der Waals surface area contributed by atoms with Crippen LogP contribution in [0.5, 0.6) is 11.5 Å². The molecule has 1 aliphatic rings. The molecule has 1 atom stereocenters. The van der Waals surface area contributed by atoms with Crippen molar-refractivity contribution in [1.82, 2.24) is 0 Å². The summed E-state index contributed by atoms with van der Waals surface area (Å²) in [6, 6.07) is 10.4. The number of carbonyl (C=O) groups is 2. The van der Waals surface area contributed by atoms with Gasteiger partial charge in [0.15, 0.2) is 11.5 Å². The van der Waals surface area contributed by atoms with Crippen LogP contribution in [0.2, 0.25) is 0 Å². The Morgan fingerprint density at radius 2 is 1.84 bits per heavy atom. The van der Waals surface area contributed by atoms with E-state index in [1.807, 2.05) is 6.07 Å². The van der Waals surface area contributed by atoms with Crippen molar-refractivity contribution >= 4 is 11.9 Å². The molecule has 0 saturated heterocycles. The minimum atomic E-state index is -1.25. The van der Waals surface area contributed by atoms with Gasteiger partial charge in [-0.25, -0.2) is 4.39 Å². The van der Waals surface area contributed by atoms with E-state index in [-0.39, 0.29) is 13.2 Å². The molecular weight excluding hydrogens is 329 g/mol. The van der Waals surface area contributed by atoms with Crippen LogP contribution in [-0.2, 0) is 20.7 Å². The summed E-state index contributed by atoms with van der Waals surface area (Å²) < 4.78 is 28.6. The highest BCUT2D eigenvalue weighted by Gasteiger charge is 2.22. The number of fused-ring (bicyclic) bond motifs is 1. The van der Waals surface area contributed by atoms with E-state index in [0.29, 0.717) is 23.5 Å². The van der Waals surface area contributed by atoms with E-state index in [9.17, 15) is 14.0 Å². The summed E-state index contributed by atoms with van der Waals surface area (Å²) in [5.74, 6) is -0.557. The number of primary amides is 1. The average molecular weight is 345 g/mol. The largest absolute Gasteiger partial charge is 0.454 e. The molecule has 0 bridgehead atoms. The number of hydrogen-bond acceptors (Lipinski definition) is 5. The van der Waals surface area contributed by atoms with E-state index in [4.69, 9.17) is 19.9 Å². The Labute approximate surface area is 143 Å². The third kappa shape index (κ3) is 4.06. The van der Waals surface area contributed by atoms with Gasteiger partial charge in [0.2, 0.25) is 12.9 Å². The van der Waals surface area contributed by atoms with Gasteiger partial charge < -0.3 is 19.9 Å². The van der Waals surface area contributed by atoms with Crippen LogP contribution in [0.3, 0.4) is 0 Å². The summed E-state index contributed by atoms with van der Waals surface area (Å²) in [5, 5.41) is 0. The highest BCUT2D eigenvalue weighted by molar-refractivity contribution is 5.83. The number of ether oxygens (including phenoxy) is 3. The zero-order chi connectivity index (χ0) is 17.8. The molecule has 0 aliphatic carbocycles. The molecule has 3 rings (SSSR count). The standard InChI is InChI=1S/C18H16FNO5/c19-13-5-3-12(4-6-13)17(18(20)22)25-16(21)8-2-11-1-7-14-15(9-11)24-10-23-14/h1,3-7,9,17H,2,8,10H2,(H2,20,22)/t17-/m1/s1. The molecule has 0 aromatic heterocycles. The van der Waals surface area contributed by atoms with Gasteiger partial charge in [-0.05, 0) is 36.2 Å². The van der Waals surface area contributed by atoms with Crippen molar-refractivity contribution in [2.24, 2.45) is 5.73 Å². The topological polar surface area (TPSA) is 87.9 Å². The Balaban J connectivity index is 1.60. The molecule has 2 aromatic carbocycles. The molecule has 1 amide bonds. The van der Waals surface area contributed by atoms with Gasteiger partial charge in [0.05, 0.1) is 0 Å². The number of halogens is 1. The van der Waals surface area contributed by atoms with Crippen molar-refractivity contribution < 1.29 is 28.2 Å². The fourth-order valence-electron chi connectivity index (χ4n) is 2.46. The first-order chi connectivity index (χ1) is 12.0. The second-order valence-electron chi connectivity index (χ2n) is 5.51. The molecule has 7 heteroatoms. The third-order valence-electron chi connectivity index (χ3n) is 3.74. The minimum absolute atomic E-state index is 0.0601. The molecule has 2 aromatic rings. The second-order valence-corrected chi connectivity index (χ2v) is 5.51. The van der Waals surface area contributed by atoms with E-state index in [2.05, 4.69) is 0 Å². The van der Waals surface area contributed by atoms with Crippen molar-refractivity contribution in [3.05, 3.63) is 59.4 Å². The number of nitrogens with two attached hydrogens (primary N) is 1. The van der Waals surface area contributed by atoms with Crippen molar-refractivity contribution in [3.63, 3.8) is 0 Å². The highest BCUT2D eigenvalue weighted by Crippen LogP contribution is 2.32. The van der Waals surface area contributed by atoms with Gasteiger partial charge in [-0.15, -0.1) is 0 Å². The summed E-state index contributed by atoms with van der Waals surface area (Å²) in [6.45, 7) is 0.179. The lowest BCUT2D eigenvalue weighted by Crippen LogP contribution is -2.26. The fraction of sp³-hybridized carbons (Fsp3) is 0.222. The monoisotopic (exact) mass is 345 g/mol. The van der Waals surface area contributed by atoms with E-state index >= 15 is 0 Å². The summed E-state index contributed by atoms with van der Waals surface area (Å²) in [7, 11) is 0. The maximum absolute atomic E-state index is 13.0. The molecule has 2 N–H and O–H groups in total. The number of benzene rings is 2. The van der Waals surface area contributed by atoms with Crippen LogP contribution in [-0.4, -0.2) is 18.7 Å². The lowest BCUT2D eigenvalue weighted by atomic mass is 10.1.